The van der Waals surface area contributed by atoms with Gasteiger partial charge in [-0.15, -0.1) is 24.0 Å². The van der Waals surface area contributed by atoms with E-state index in [2.05, 4.69) is 20.9 Å². The molecule has 0 saturated carbocycles. The Bertz CT molecular complexity index is 337. The van der Waals surface area contributed by atoms with Crippen LogP contribution in [0.25, 0.3) is 0 Å². The third kappa shape index (κ3) is 12.5. The molecule has 8 heteroatoms. The number of carbonyl (C=O) groups is 1. The quantitative estimate of drug-likeness (QED) is 0.201. The zero-order chi connectivity index (χ0) is 16.0. The van der Waals surface area contributed by atoms with Gasteiger partial charge < -0.3 is 25.4 Å². The SMILES string of the molecule is CCNC(=NCCCOCC1CCOC1)NCCNC(C)=O.I. The van der Waals surface area contributed by atoms with E-state index < -0.39 is 0 Å². The minimum Gasteiger partial charge on any atom is -0.381 e. The van der Waals surface area contributed by atoms with Crippen molar-refractivity contribution in [1.82, 2.24) is 16.0 Å². The first-order valence-electron chi connectivity index (χ1n) is 8.14. The van der Waals surface area contributed by atoms with Crippen molar-refractivity contribution in [3.8, 4) is 0 Å². The summed E-state index contributed by atoms with van der Waals surface area (Å²) in [7, 11) is 0. The van der Waals surface area contributed by atoms with Crippen LogP contribution in [0.3, 0.4) is 0 Å². The lowest BCUT2D eigenvalue weighted by Crippen LogP contribution is -2.41. The minimum absolute atomic E-state index is 0. The number of guanidine groups is 1. The fourth-order valence-corrected chi connectivity index (χ4v) is 2.08. The summed E-state index contributed by atoms with van der Waals surface area (Å²) in [4.78, 5) is 15.3. The van der Waals surface area contributed by atoms with E-state index in [4.69, 9.17) is 9.47 Å². The van der Waals surface area contributed by atoms with Crippen LogP contribution in [0.4, 0.5) is 0 Å². The van der Waals surface area contributed by atoms with Gasteiger partial charge in [0.2, 0.25) is 5.91 Å². The number of carbonyl (C=O) groups excluding carboxylic acids is 1. The van der Waals surface area contributed by atoms with Crippen LogP contribution in [0.5, 0.6) is 0 Å². The van der Waals surface area contributed by atoms with Crippen LogP contribution < -0.4 is 16.0 Å². The number of halogens is 1. The highest BCUT2D eigenvalue weighted by molar-refractivity contribution is 14.0. The van der Waals surface area contributed by atoms with Gasteiger partial charge in [-0.3, -0.25) is 9.79 Å². The number of ether oxygens (including phenoxy) is 2. The van der Waals surface area contributed by atoms with Gasteiger partial charge in [0.1, 0.15) is 0 Å². The molecule has 0 spiro atoms. The Morgan fingerprint density at radius 3 is 2.74 bits per heavy atom. The van der Waals surface area contributed by atoms with Crippen molar-refractivity contribution in [3.05, 3.63) is 0 Å². The lowest BCUT2D eigenvalue weighted by Gasteiger charge is -2.11. The van der Waals surface area contributed by atoms with E-state index in [0.29, 0.717) is 19.0 Å². The van der Waals surface area contributed by atoms with Crippen LogP contribution in [0.1, 0.15) is 26.7 Å². The van der Waals surface area contributed by atoms with Crippen molar-refractivity contribution in [2.45, 2.75) is 26.7 Å². The molecule has 1 fully saturated rings. The second-order valence-corrected chi connectivity index (χ2v) is 5.33. The predicted octanol–water partition coefficient (Wildman–Crippen LogP) is 0.739. The number of rotatable bonds is 10. The molecule has 1 atom stereocenters. The van der Waals surface area contributed by atoms with Crippen LogP contribution in [0.15, 0.2) is 4.99 Å². The number of nitrogens with one attached hydrogen (secondary N) is 3. The monoisotopic (exact) mass is 442 g/mol. The molecule has 0 aromatic rings. The summed E-state index contributed by atoms with van der Waals surface area (Å²) in [6, 6.07) is 0. The highest BCUT2D eigenvalue weighted by Crippen LogP contribution is 2.12. The summed E-state index contributed by atoms with van der Waals surface area (Å²) in [6.07, 6.45) is 2.01. The van der Waals surface area contributed by atoms with Crippen molar-refractivity contribution >= 4 is 35.8 Å². The molecule has 1 saturated heterocycles. The van der Waals surface area contributed by atoms with Gasteiger partial charge in [-0.25, -0.2) is 0 Å². The van der Waals surface area contributed by atoms with E-state index in [9.17, 15) is 4.79 Å². The Morgan fingerprint density at radius 1 is 1.30 bits per heavy atom. The summed E-state index contributed by atoms with van der Waals surface area (Å²) >= 11 is 0. The van der Waals surface area contributed by atoms with Crippen LogP contribution in [-0.4, -0.2) is 64.5 Å². The fourth-order valence-electron chi connectivity index (χ4n) is 2.08. The second-order valence-electron chi connectivity index (χ2n) is 5.33. The normalized spacial score (nSPS) is 17.5. The highest BCUT2D eigenvalue weighted by atomic mass is 127. The van der Waals surface area contributed by atoms with E-state index in [1.54, 1.807) is 0 Å². The molecule has 1 heterocycles. The molecule has 0 radical (unpaired) electrons. The van der Waals surface area contributed by atoms with Crippen LogP contribution >= 0.6 is 24.0 Å². The molecule has 1 aliphatic rings. The first-order valence-corrected chi connectivity index (χ1v) is 8.14. The lowest BCUT2D eigenvalue weighted by molar-refractivity contribution is -0.118. The molecule has 0 bridgehead atoms. The maximum absolute atomic E-state index is 10.8. The summed E-state index contributed by atoms with van der Waals surface area (Å²) in [5.41, 5.74) is 0. The molecule has 3 N–H and O–H groups in total. The second kappa shape index (κ2) is 14.9. The Morgan fingerprint density at radius 2 is 2.09 bits per heavy atom. The predicted molar refractivity (Wildman–Crippen MR) is 102 cm³/mol. The Balaban J connectivity index is 0.00000484. The molecule has 0 aromatic heterocycles. The molecule has 7 nitrogen and oxygen atoms in total. The standard InChI is InChI=1S/C15H30N4O3.HI/c1-3-16-15(19-8-7-17-13(2)20)18-6-4-9-21-11-14-5-10-22-12-14;/h14H,3-12H2,1-2H3,(H,17,20)(H2,16,18,19);1H. The Kier molecular flexibility index (Phi) is 14.6. The number of aliphatic imine (C=N–C) groups is 1. The van der Waals surface area contributed by atoms with Crippen LogP contribution in [-0.2, 0) is 14.3 Å². The number of amides is 1. The topological polar surface area (TPSA) is 84.0 Å². The number of nitrogens with zero attached hydrogens (tertiary/aromatic N) is 1. The number of hydrogen-bond donors (Lipinski definition) is 3. The highest BCUT2D eigenvalue weighted by Gasteiger charge is 2.15. The van der Waals surface area contributed by atoms with Gasteiger partial charge in [-0.1, -0.05) is 0 Å². The average Bonchev–Trinajstić information content (AvgIpc) is 3.00. The van der Waals surface area contributed by atoms with Gasteiger partial charge in [0.05, 0.1) is 13.2 Å². The third-order valence-corrected chi connectivity index (χ3v) is 3.23. The van der Waals surface area contributed by atoms with E-state index in [0.717, 1.165) is 58.3 Å². The molecule has 0 aromatic carbocycles. The maximum atomic E-state index is 10.8. The third-order valence-electron chi connectivity index (χ3n) is 3.23. The first kappa shape index (κ1) is 22.4. The first-order chi connectivity index (χ1) is 10.7. The number of hydrogen-bond acceptors (Lipinski definition) is 4. The van der Waals surface area contributed by atoms with Crippen LogP contribution in [0, 0.1) is 5.92 Å². The van der Waals surface area contributed by atoms with E-state index >= 15 is 0 Å². The maximum Gasteiger partial charge on any atom is 0.216 e. The largest absolute Gasteiger partial charge is 0.381 e. The van der Waals surface area contributed by atoms with Crippen molar-refractivity contribution in [1.29, 1.82) is 0 Å². The summed E-state index contributed by atoms with van der Waals surface area (Å²) in [6.45, 7) is 9.53. The average molecular weight is 442 g/mol. The van der Waals surface area contributed by atoms with Gasteiger partial charge in [0.25, 0.3) is 0 Å². The van der Waals surface area contributed by atoms with Gasteiger partial charge in [-0.2, -0.15) is 0 Å². The molecule has 136 valence electrons. The molecular weight excluding hydrogens is 411 g/mol. The summed E-state index contributed by atoms with van der Waals surface area (Å²) < 4.78 is 11.0. The molecule has 1 amide bonds. The fraction of sp³-hybridized carbons (Fsp3) is 0.867. The summed E-state index contributed by atoms with van der Waals surface area (Å²) in [5.74, 6) is 1.32. The molecule has 0 aliphatic carbocycles. The van der Waals surface area contributed by atoms with Gasteiger partial charge in [-0.05, 0) is 19.8 Å². The Labute approximate surface area is 156 Å². The van der Waals surface area contributed by atoms with Crippen molar-refractivity contribution in [2.24, 2.45) is 10.9 Å². The summed E-state index contributed by atoms with van der Waals surface area (Å²) in [5, 5.41) is 9.09. The lowest BCUT2D eigenvalue weighted by atomic mass is 10.1. The molecule has 1 rings (SSSR count). The van der Waals surface area contributed by atoms with E-state index in [1.165, 1.54) is 6.92 Å². The molecular formula is C15H31IN4O3. The van der Waals surface area contributed by atoms with Crippen LogP contribution in [0.2, 0.25) is 0 Å². The molecule has 1 aliphatic heterocycles. The van der Waals surface area contributed by atoms with Crippen molar-refractivity contribution in [2.75, 3.05) is 52.6 Å². The van der Waals surface area contributed by atoms with Gasteiger partial charge >= 0.3 is 0 Å². The minimum atomic E-state index is -0.0199. The Hall–Kier alpha value is -0.610. The zero-order valence-corrected chi connectivity index (χ0v) is 16.6. The molecule has 23 heavy (non-hydrogen) atoms. The van der Waals surface area contributed by atoms with Crippen molar-refractivity contribution < 1.29 is 14.3 Å². The van der Waals surface area contributed by atoms with E-state index in [1.807, 2.05) is 6.92 Å². The zero-order valence-electron chi connectivity index (χ0n) is 14.2. The smallest absolute Gasteiger partial charge is 0.216 e. The molecule has 1 unspecified atom stereocenters. The van der Waals surface area contributed by atoms with Gasteiger partial charge in [0, 0.05) is 52.2 Å². The van der Waals surface area contributed by atoms with E-state index in [-0.39, 0.29) is 29.9 Å². The van der Waals surface area contributed by atoms with Gasteiger partial charge in [0.15, 0.2) is 5.96 Å². The van der Waals surface area contributed by atoms with Crippen molar-refractivity contribution in [3.63, 3.8) is 0 Å².